The van der Waals surface area contributed by atoms with E-state index in [2.05, 4.69) is 4.99 Å². The monoisotopic (exact) mass is 373 g/mol. The number of nitrogens with zero attached hydrogens (tertiary/aromatic N) is 3. The molecule has 0 aliphatic heterocycles. The number of aromatic nitrogens is 1. The summed E-state index contributed by atoms with van der Waals surface area (Å²) in [5, 5.41) is 10.9. The molecule has 0 aliphatic rings. The van der Waals surface area contributed by atoms with Crippen molar-refractivity contribution in [1.29, 1.82) is 0 Å². The molecular weight excluding hydrogens is 358 g/mol. The lowest BCUT2D eigenvalue weighted by Gasteiger charge is -2.03. The Morgan fingerprint density at radius 3 is 2.80 bits per heavy atom. The van der Waals surface area contributed by atoms with Gasteiger partial charge in [0.2, 0.25) is 0 Å². The maximum absolute atomic E-state index is 12.6. The Hall–Kier alpha value is -2.45. The minimum atomic E-state index is -0.433. The van der Waals surface area contributed by atoms with Crippen molar-refractivity contribution in [3.63, 3.8) is 0 Å². The lowest BCUT2D eigenvalue weighted by Crippen LogP contribution is -2.13. The summed E-state index contributed by atoms with van der Waals surface area (Å²) in [7, 11) is 1.75. The second-order valence-electron chi connectivity index (χ2n) is 5.20. The van der Waals surface area contributed by atoms with Gasteiger partial charge in [0, 0.05) is 24.1 Å². The molecule has 1 aromatic heterocycles. The molecular formula is C17H15N3O3S2. The molecule has 3 aromatic rings. The van der Waals surface area contributed by atoms with Crippen molar-refractivity contribution in [3.8, 4) is 0 Å². The van der Waals surface area contributed by atoms with Crippen LogP contribution in [0.1, 0.15) is 17.3 Å². The van der Waals surface area contributed by atoms with E-state index in [1.54, 1.807) is 35.5 Å². The molecule has 0 atom stereocenters. The molecule has 1 amide bonds. The Morgan fingerprint density at radius 2 is 2.08 bits per heavy atom. The summed E-state index contributed by atoms with van der Waals surface area (Å²) in [5.74, 6) is 0.554. The highest BCUT2D eigenvalue weighted by Crippen LogP contribution is 2.24. The number of fused-ring (bicyclic) bond motifs is 1. The van der Waals surface area contributed by atoms with Crippen molar-refractivity contribution < 1.29 is 9.72 Å². The van der Waals surface area contributed by atoms with E-state index < -0.39 is 4.92 Å². The van der Waals surface area contributed by atoms with Gasteiger partial charge in [-0.05, 0) is 24.0 Å². The number of hydrogen-bond donors (Lipinski definition) is 0. The number of non-ortho nitro benzene ring substituents is 1. The molecule has 0 fully saturated rings. The van der Waals surface area contributed by atoms with Crippen LogP contribution in [-0.4, -0.2) is 21.2 Å². The van der Waals surface area contributed by atoms with Gasteiger partial charge in [0.15, 0.2) is 4.80 Å². The zero-order valence-corrected chi connectivity index (χ0v) is 15.3. The molecule has 0 spiro atoms. The summed E-state index contributed by atoms with van der Waals surface area (Å²) in [4.78, 5) is 28.8. The highest BCUT2D eigenvalue weighted by atomic mass is 32.2. The van der Waals surface area contributed by atoms with Crippen LogP contribution in [0.2, 0.25) is 0 Å². The molecule has 0 N–H and O–H groups in total. The van der Waals surface area contributed by atoms with Crippen LogP contribution in [0.3, 0.4) is 0 Å². The van der Waals surface area contributed by atoms with Gasteiger partial charge in [-0.1, -0.05) is 30.4 Å². The summed E-state index contributed by atoms with van der Waals surface area (Å²) < 4.78 is 2.55. The van der Waals surface area contributed by atoms with E-state index in [0.717, 1.165) is 15.3 Å². The van der Waals surface area contributed by atoms with E-state index in [1.165, 1.54) is 23.5 Å². The molecule has 0 aliphatic carbocycles. The van der Waals surface area contributed by atoms with Crippen LogP contribution in [0.5, 0.6) is 0 Å². The van der Waals surface area contributed by atoms with E-state index in [-0.39, 0.29) is 11.6 Å². The molecule has 0 bridgehead atoms. The fourth-order valence-corrected chi connectivity index (χ4v) is 4.20. The molecule has 128 valence electrons. The minimum Gasteiger partial charge on any atom is -0.319 e. The Labute approximate surface area is 152 Å². The molecule has 2 aromatic carbocycles. The number of nitro groups is 1. The van der Waals surface area contributed by atoms with Crippen molar-refractivity contribution in [2.45, 2.75) is 11.8 Å². The lowest BCUT2D eigenvalue weighted by atomic mass is 10.2. The average molecular weight is 373 g/mol. The molecule has 0 radical (unpaired) electrons. The van der Waals surface area contributed by atoms with Gasteiger partial charge in [0.05, 0.1) is 20.7 Å². The van der Waals surface area contributed by atoms with Crippen molar-refractivity contribution in [1.82, 2.24) is 4.57 Å². The van der Waals surface area contributed by atoms with Gasteiger partial charge in [-0.25, -0.2) is 0 Å². The number of carbonyl (C=O) groups is 1. The third-order valence-corrected chi connectivity index (χ3v) is 5.69. The van der Waals surface area contributed by atoms with Gasteiger partial charge in [0.25, 0.3) is 11.6 Å². The minimum absolute atomic E-state index is 0.0171. The lowest BCUT2D eigenvalue weighted by molar-refractivity contribution is -0.384. The van der Waals surface area contributed by atoms with Gasteiger partial charge < -0.3 is 4.57 Å². The molecule has 0 saturated carbocycles. The summed E-state index contributed by atoms with van der Waals surface area (Å²) in [6.07, 6.45) is 0. The molecule has 1 heterocycles. The molecule has 8 heteroatoms. The SMILES string of the molecule is CCSc1ccccc1C(=O)N=c1sc2ccc([N+](=O)[O-])cc2n1C. The first-order chi connectivity index (χ1) is 12.0. The molecule has 0 unspecified atom stereocenters. The van der Waals surface area contributed by atoms with Gasteiger partial charge in [0.1, 0.15) is 0 Å². The number of carbonyl (C=O) groups excluding carboxylic acids is 1. The molecule has 0 saturated heterocycles. The van der Waals surface area contributed by atoms with Crippen LogP contribution in [0, 0.1) is 10.1 Å². The quantitative estimate of drug-likeness (QED) is 0.393. The normalized spacial score (nSPS) is 11.8. The van der Waals surface area contributed by atoms with Crippen LogP contribution in [-0.2, 0) is 7.05 Å². The Morgan fingerprint density at radius 1 is 1.32 bits per heavy atom. The molecule has 6 nitrogen and oxygen atoms in total. The van der Waals surface area contributed by atoms with E-state index in [4.69, 9.17) is 0 Å². The second-order valence-corrected chi connectivity index (χ2v) is 7.51. The summed E-state index contributed by atoms with van der Waals surface area (Å²) in [6, 6.07) is 12.0. The first kappa shape index (κ1) is 17.4. The van der Waals surface area contributed by atoms with Crippen LogP contribution >= 0.6 is 23.1 Å². The van der Waals surface area contributed by atoms with Crippen LogP contribution in [0.25, 0.3) is 10.2 Å². The summed E-state index contributed by atoms with van der Waals surface area (Å²) in [6.45, 7) is 2.03. The number of thiazole rings is 1. The number of nitro benzene ring substituents is 1. The topological polar surface area (TPSA) is 77.5 Å². The van der Waals surface area contributed by atoms with E-state index >= 15 is 0 Å². The van der Waals surface area contributed by atoms with Gasteiger partial charge in [-0.3, -0.25) is 14.9 Å². The van der Waals surface area contributed by atoms with Crippen molar-refractivity contribution in [3.05, 3.63) is 62.9 Å². The fourth-order valence-electron chi connectivity index (χ4n) is 2.41. The van der Waals surface area contributed by atoms with Gasteiger partial charge in [-0.15, -0.1) is 11.8 Å². The Bertz CT molecular complexity index is 1040. The average Bonchev–Trinajstić information content (AvgIpc) is 2.91. The zero-order valence-electron chi connectivity index (χ0n) is 13.6. The molecule has 3 rings (SSSR count). The maximum Gasteiger partial charge on any atom is 0.280 e. The number of hydrogen-bond acceptors (Lipinski definition) is 5. The first-order valence-electron chi connectivity index (χ1n) is 7.56. The van der Waals surface area contributed by atoms with Gasteiger partial charge >= 0.3 is 0 Å². The van der Waals surface area contributed by atoms with Gasteiger partial charge in [-0.2, -0.15) is 4.99 Å². The highest BCUT2D eigenvalue weighted by Gasteiger charge is 2.13. The predicted molar refractivity (Wildman–Crippen MR) is 100 cm³/mol. The van der Waals surface area contributed by atoms with Crippen molar-refractivity contribution >= 4 is 44.9 Å². The van der Waals surface area contributed by atoms with Crippen LogP contribution in [0.15, 0.2) is 52.4 Å². The van der Waals surface area contributed by atoms with Crippen LogP contribution < -0.4 is 4.80 Å². The standard InChI is InChI=1S/C17H15N3O3S2/c1-3-24-14-7-5-4-6-12(14)16(21)18-17-19(2)13-10-11(20(22)23)8-9-15(13)25-17/h4-10H,3H2,1-2H3. The first-order valence-corrected chi connectivity index (χ1v) is 9.36. The third kappa shape index (κ3) is 3.49. The maximum atomic E-state index is 12.6. The second kappa shape index (κ2) is 7.20. The van der Waals surface area contributed by atoms with Crippen LogP contribution in [0.4, 0.5) is 5.69 Å². The summed E-state index contributed by atoms with van der Waals surface area (Å²) >= 11 is 2.93. The summed E-state index contributed by atoms with van der Waals surface area (Å²) in [5.41, 5.74) is 1.27. The fraction of sp³-hybridized carbons (Fsp3) is 0.176. The Balaban J connectivity index is 2.08. The number of benzene rings is 2. The number of amides is 1. The smallest absolute Gasteiger partial charge is 0.280 e. The Kier molecular flexibility index (Phi) is 5.00. The predicted octanol–water partition coefficient (Wildman–Crippen LogP) is 4.00. The van der Waals surface area contributed by atoms with E-state index in [0.29, 0.717) is 15.9 Å². The largest absolute Gasteiger partial charge is 0.319 e. The number of rotatable bonds is 4. The van der Waals surface area contributed by atoms with Crippen molar-refractivity contribution in [2.24, 2.45) is 12.0 Å². The number of thioether (sulfide) groups is 1. The molecule has 25 heavy (non-hydrogen) atoms. The highest BCUT2D eigenvalue weighted by molar-refractivity contribution is 7.99. The van der Waals surface area contributed by atoms with Crippen molar-refractivity contribution in [2.75, 3.05) is 5.75 Å². The van der Waals surface area contributed by atoms with E-state index in [9.17, 15) is 14.9 Å². The zero-order chi connectivity index (χ0) is 18.0. The van der Waals surface area contributed by atoms with E-state index in [1.807, 2.05) is 25.1 Å². The third-order valence-electron chi connectivity index (χ3n) is 3.62. The number of aryl methyl sites for hydroxylation is 1.